The van der Waals surface area contributed by atoms with Crippen LogP contribution < -0.4 is 5.32 Å². The van der Waals surface area contributed by atoms with Crippen LogP contribution in [-0.2, 0) is 6.42 Å². The molecule has 3 rings (SSSR count). The van der Waals surface area contributed by atoms with Gasteiger partial charge >= 0.3 is 0 Å². The average Bonchev–Trinajstić information content (AvgIpc) is 2.77. The fraction of sp³-hybridized carbons (Fsp3) is 0.312. The number of halogens is 1. The summed E-state index contributed by atoms with van der Waals surface area (Å²) in [6.07, 6.45) is 4.22. The molecule has 2 aromatic rings. The third-order valence-electron chi connectivity index (χ3n) is 3.73. The Labute approximate surface area is 122 Å². The van der Waals surface area contributed by atoms with Gasteiger partial charge in [-0.25, -0.2) is 4.98 Å². The van der Waals surface area contributed by atoms with Crippen molar-refractivity contribution in [1.29, 1.82) is 0 Å². The molecule has 0 spiro atoms. The first-order chi connectivity index (χ1) is 9.13. The summed E-state index contributed by atoms with van der Waals surface area (Å²) in [6, 6.07) is 9.32. The summed E-state index contributed by atoms with van der Waals surface area (Å²) < 4.78 is 0.917. The Kier molecular flexibility index (Phi) is 3.31. The predicted molar refractivity (Wildman–Crippen MR) is 82.5 cm³/mol. The van der Waals surface area contributed by atoms with Crippen molar-refractivity contribution in [2.45, 2.75) is 32.7 Å². The number of fused-ring (bicyclic) bond motifs is 1. The SMILES string of the molecule is Cc1ccc2c(c1)C(Nc1cnc(Br)c(C)c1)CC2. The smallest absolute Gasteiger partial charge is 0.109 e. The monoisotopic (exact) mass is 316 g/mol. The molecule has 0 bridgehead atoms. The number of pyridine rings is 1. The van der Waals surface area contributed by atoms with Crippen LogP contribution in [0.25, 0.3) is 0 Å². The van der Waals surface area contributed by atoms with Crippen molar-refractivity contribution in [1.82, 2.24) is 4.98 Å². The number of nitrogens with zero attached hydrogens (tertiary/aromatic N) is 1. The van der Waals surface area contributed by atoms with Crippen LogP contribution in [0.1, 0.15) is 34.7 Å². The fourth-order valence-corrected chi connectivity index (χ4v) is 2.93. The van der Waals surface area contributed by atoms with E-state index in [9.17, 15) is 0 Å². The molecular formula is C16H17BrN2. The summed E-state index contributed by atoms with van der Waals surface area (Å²) in [5, 5.41) is 3.61. The maximum atomic E-state index is 4.35. The van der Waals surface area contributed by atoms with Gasteiger partial charge in [0.25, 0.3) is 0 Å². The van der Waals surface area contributed by atoms with E-state index in [0.717, 1.165) is 28.7 Å². The first-order valence-corrected chi connectivity index (χ1v) is 7.41. The third kappa shape index (κ3) is 2.52. The number of nitrogens with one attached hydrogen (secondary N) is 1. The molecule has 2 nitrogen and oxygen atoms in total. The highest BCUT2D eigenvalue weighted by Gasteiger charge is 2.22. The Hall–Kier alpha value is -1.35. The van der Waals surface area contributed by atoms with E-state index < -0.39 is 0 Å². The Morgan fingerprint density at radius 3 is 2.89 bits per heavy atom. The summed E-state index contributed by atoms with van der Waals surface area (Å²) in [6.45, 7) is 4.22. The molecule has 1 aromatic carbocycles. The van der Waals surface area contributed by atoms with Crippen molar-refractivity contribution in [3.63, 3.8) is 0 Å². The number of hydrogen-bond acceptors (Lipinski definition) is 2. The largest absolute Gasteiger partial charge is 0.377 e. The molecule has 1 heterocycles. The molecule has 1 aromatic heterocycles. The summed E-state index contributed by atoms with van der Waals surface area (Å²) in [5.41, 5.74) is 6.51. The van der Waals surface area contributed by atoms with Gasteiger partial charge in [0, 0.05) is 0 Å². The van der Waals surface area contributed by atoms with E-state index in [1.165, 1.54) is 16.7 Å². The van der Waals surface area contributed by atoms with Gasteiger partial charge in [-0.1, -0.05) is 23.8 Å². The van der Waals surface area contributed by atoms with E-state index >= 15 is 0 Å². The van der Waals surface area contributed by atoms with Crippen molar-refractivity contribution < 1.29 is 0 Å². The lowest BCUT2D eigenvalue weighted by atomic mass is 10.0. The van der Waals surface area contributed by atoms with Gasteiger partial charge in [-0.2, -0.15) is 0 Å². The highest BCUT2D eigenvalue weighted by molar-refractivity contribution is 9.10. The van der Waals surface area contributed by atoms with Crippen molar-refractivity contribution >= 4 is 21.6 Å². The number of aryl methyl sites for hydroxylation is 3. The summed E-state index contributed by atoms with van der Waals surface area (Å²) in [4.78, 5) is 4.35. The molecule has 0 fully saturated rings. The van der Waals surface area contributed by atoms with Gasteiger partial charge in [0.1, 0.15) is 4.60 Å². The van der Waals surface area contributed by atoms with Crippen LogP contribution in [0.15, 0.2) is 35.1 Å². The van der Waals surface area contributed by atoms with Gasteiger partial charge in [0.05, 0.1) is 17.9 Å². The highest BCUT2D eigenvalue weighted by atomic mass is 79.9. The molecule has 1 atom stereocenters. The molecule has 0 amide bonds. The molecule has 0 aliphatic heterocycles. The van der Waals surface area contributed by atoms with Crippen LogP contribution in [0.4, 0.5) is 5.69 Å². The number of rotatable bonds is 2. The van der Waals surface area contributed by atoms with Crippen LogP contribution in [0.5, 0.6) is 0 Å². The van der Waals surface area contributed by atoms with Crippen LogP contribution in [0, 0.1) is 13.8 Å². The zero-order valence-electron chi connectivity index (χ0n) is 11.2. The number of aromatic nitrogens is 1. The molecular weight excluding hydrogens is 300 g/mol. The third-order valence-corrected chi connectivity index (χ3v) is 4.56. The summed E-state index contributed by atoms with van der Waals surface area (Å²) in [7, 11) is 0. The van der Waals surface area contributed by atoms with E-state index in [-0.39, 0.29) is 0 Å². The first-order valence-electron chi connectivity index (χ1n) is 6.61. The molecule has 1 unspecified atom stereocenters. The molecule has 0 saturated heterocycles. The van der Waals surface area contributed by atoms with Crippen LogP contribution in [0.3, 0.4) is 0 Å². The molecule has 19 heavy (non-hydrogen) atoms. The van der Waals surface area contributed by atoms with E-state index in [4.69, 9.17) is 0 Å². The molecule has 98 valence electrons. The van der Waals surface area contributed by atoms with Gasteiger partial charge in [-0.3, -0.25) is 0 Å². The standard InChI is InChI=1S/C16H17BrN2/c1-10-3-4-12-5-6-15(14(12)7-10)19-13-8-11(2)16(17)18-9-13/h3-4,7-9,15,19H,5-6H2,1-2H3. The average molecular weight is 317 g/mol. The van der Waals surface area contributed by atoms with Gasteiger partial charge in [0.2, 0.25) is 0 Å². The van der Waals surface area contributed by atoms with Gasteiger partial charge in [0.15, 0.2) is 0 Å². The molecule has 0 saturated carbocycles. The predicted octanol–water partition coefficient (Wildman–Crippen LogP) is 4.56. The molecule has 1 N–H and O–H groups in total. The lowest BCUT2D eigenvalue weighted by Crippen LogP contribution is -2.07. The van der Waals surface area contributed by atoms with Crippen LogP contribution in [0.2, 0.25) is 0 Å². The Morgan fingerprint density at radius 2 is 2.11 bits per heavy atom. The van der Waals surface area contributed by atoms with Crippen molar-refractivity contribution in [3.05, 3.63) is 57.3 Å². The zero-order valence-corrected chi connectivity index (χ0v) is 12.8. The summed E-state index contributed by atoms with van der Waals surface area (Å²) in [5.74, 6) is 0. The van der Waals surface area contributed by atoms with E-state index in [1.54, 1.807) is 0 Å². The van der Waals surface area contributed by atoms with Crippen molar-refractivity contribution in [2.24, 2.45) is 0 Å². The fourth-order valence-electron chi connectivity index (χ4n) is 2.71. The number of benzene rings is 1. The van der Waals surface area contributed by atoms with E-state index in [1.807, 2.05) is 6.20 Å². The number of hydrogen-bond donors (Lipinski definition) is 1. The van der Waals surface area contributed by atoms with Crippen molar-refractivity contribution in [3.8, 4) is 0 Å². The lowest BCUT2D eigenvalue weighted by molar-refractivity contribution is 0.760. The van der Waals surface area contributed by atoms with Crippen LogP contribution in [-0.4, -0.2) is 4.98 Å². The second-order valence-corrected chi connectivity index (χ2v) is 6.02. The highest BCUT2D eigenvalue weighted by Crippen LogP contribution is 2.34. The number of anilines is 1. The normalized spacial score (nSPS) is 17.3. The zero-order chi connectivity index (χ0) is 13.4. The molecule has 1 aliphatic rings. The Bertz CT molecular complexity index is 622. The second-order valence-electron chi connectivity index (χ2n) is 5.27. The molecule has 1 aliphatic carbocycles. The topological polar surface area (TPSA) is 24.9 Å². The molecule has 0 radical (unpaired) electrons. The Balaban J connectivity index is 1.86. The minimum absolute atomic E-state index is 0.414. The maximum Gasteiger partial charge on any atom is 0.109 e. The van der Waals surface area contributed by atoms with Crippen molar-refractivity contribution in [2.75, 3.05) is 5.32 Å². The van der Waals surface area contributed by atoms with Crippen LogP contribution >= 0.6 is 15.9 Å². The second kappa shape index (κ2) is 4.97. The van der Waals surface area contributed by atoms with Gasteiger partial charge in [-0.15, -0.1) is 0 Å². The molecule has 3 heteroatoms. The Morgan fingerprint density at radius 1 is 1.26 bits per heavy atom. The minimum Gasteiger partial charge on any atom is -0.377 e. The lowest BCUT2D eigenvalue weighted by Gasteiger charge is -2.16. The van der Waals surface area contributed by atoms with Gasteiger partial charge in [-0.05, 0) is 65.4 Å². The quantitative estimate of drug-likeness (QED) is 0.821. The maximum absolute atomic E-state index is 4.35. The summed E-state index contributed by atoms with van der Waals surface area (Å²) >= 11 is 3.44. The van der Waals surface area contributed by atoms with Gasteiger partial charge < -0.3 is 5.32 Å². The van der Waals surface area contributed by atoms with E-state index in [2.05, 4.69) is 64.3 Å². The first kappa shape index (κ1) is 12.7. The minimum atomic E-state index is 0.414. The van der Waals surface area contributed by atoms with E-state index in [0.29, 0.717) is 6.04 Å².